The lowest BCUT2D eigenvalue weighted by Gasteiger charge is -2.29. The number of carbonyl (C=O) groups excluding carboxylic acids is 3. The lowest BCUT2D eigenvalue weighted by molar-refractivity contribution is -0.146. The standard InChI is InChI=1S/C26H27Cl2F3N4O3/c27-15-6-8-16(9-7-15)35-13-20(25(38)34-22-19(28)2-1-3-21(22)35)33-24(37)17(10-11-26(29,30)31)18(23(32)36)12-14-4-5-14/h1-3,6-9,14,17-18,20H,4-5,10-13H2,(H2,32,36)(H,33,37)(H,34,38)/t17-,18+,20+/m1/s1. The van der Waals surface area contributed by atoms with Crippen molar-refractivity contribution in [2.24, 2.45) is 23.5 Å². The van der Waals surface area contributed by atoms with Crippen molar-refractivity contribution in [3.05, 3.63) is 52.5 Å². The number of alkyl halides is 3. The number of nitrogens with zero attached hydrogens (tertiary/aromatic N) is 1. The van der Waals surface area contributed by atoms with Crippen molar-refractivity contribution in [2.75, 3.05) is 16.8 Å². The number of anilines is 3. The summed E-state index contributed by atoms with van der Waals surface area (Å²) in [5.41, 5.74) is 7.07. The highest BCUT2D eigenvalue weighted by molar-refractivity contribution is 6.34. The molecule has 0 radical (unpaired) electrons. The Bertz CT molecular complexity index is 1210. The van der Waals surface area contributed by atoms with Gasteiger partial charge in [-0.1, -0.05) is 42.1 Å². The van der Waals surface area contributed by atoms with Gasteiger partial charge in [-0.3, -0.25) is 14.4 Å². The molecule has 0 bridgehead atoms. The van der Waals surface area contributed by atoms with Crippen LogP contribution >= 0.6 is 23.2 Å². The Kier molecular flexibility index (Phi) is 8.42. The lowest BCUT2D eigenvalue weighted by atomic mass is 9.83. The van der Waals surface area contributed by atoms with E-state index in [0.29, 0.717) is 22.1 Å². The number of carbonyl (C=O) groups is 3. The van der Waals surface area contributed by atoms with Gasteiger partial charge in [0.2, 0.25) is 17.7 Å². The minimum absolute atomic E-state index is 0.0532. The summed E-state index contributed by atoms with van der Waals surface area (Å²) in [6.45, 7) is -0.0532. The van der Waals surface area contributed by atoms with E-state index in [4.69, 9.17) is 28.9 Å². The molecule has 2 aliphatic rings. The van der Waals surface area contributed by atoms with Crippen molar-refractivity contribution < 1.29 is 27.6 Å². The maximum Gasteiger partial charge on any atom is 0.389 e. The predicted octanol–water partition coefficient (Wildman–Crippen LogP) is 5.43. The van der Waals surface area contributed by atoms with Crippen LogP contribution in [-0.2, 0) is 14.4 Å². The number of amides is 3. The van der Waals surface area contributed by atoms with Crippen LogP contribution in [0.4, 0.5) is 30.2 Å². The van der Waals surface area contributed by atoms with Crippen molar-refractivity contribution in [2.45, 2.75) is 44.3 Å². The zero-order valence-electron chi connectivity index (χ0n) is 20.2. The third kappa shape index (κ3) is 6.91. The molecule has 0 saturated heterocycles. The van der Waals surface area contributed by atoms with E-state index < -0.39 is 54.6 Å². The summed E-state index contributed by atoms with van der Waals surface area (Å²) in [5, 5.41) is 6.09. The van der Waals surface area contributed by atoms with E-state index in [-0.39, 0.29) is 23.9 Å². The summed E-state index contributed by atoms with van der Waals surface area (Å²) in [4.78, 5) is 40.7. The molecule has 2 aromatic rings. The zero-order chi connectivity index (χ0) is 27.6. The smallest absolute Gasteiger partial charge is 0.369 e. The molecule has 1 fully saturated rings. The average molecular weight is 571 g/mol. The fourth-order valence-corrected chi connectivity index (χ4v) is 5.06. The molecule has 3 atom stereocenters. The van der Waals surface area contributed by atoms with Crippen LogP contribution in [0.1, 0.15) is 32.1 Å². The van der Waals surface area contributed by atoms with Gasteiger partial charge in [-0.2, -0.15) is 13.2 Å². The Morgan fingerprint density at radius 3 is 2.39 bits per heavy atom. The Morgan fingerprint density at radius 1 is 1.11 bits per heavy atom. The van der Waals surface area contributed by atoms with E-state index in [1.165, 1.54) is 0 Å². The second-order valence-electron chi connectivity index (χ2n) is 9.72. The van der Waals surface area contributed by atoms with E-state index in [1.54, 1.807) is 47.4 Å². The Hall–Kier alpha value is -2.98. The van der Waals surface area contributed by atoms with Crippen molar-refractivity contribution in [1.29, 1.82) is 0 Å². The van der Waals surface area contributed by atoms with E-state index in [9.17, 15) is 27.6 Å². The van der Waals surface area contributed by atoms with E-state index in [0.717, 1.165) is 12.8 Å². The first-order chi connectivity index (χ1) is 17.9. The van der Waals surface area contributed by atoms with Crippen LogP contribution in [0.3, 0.4) is 0 Å². The molecule has 4 rings (SSSR count). The highest BCUT2D eigenvalue weighted by Gasteiger charge is 2.41. The number of nitrogens with two attached hydrogens (primary N) is 1. The number of halogens is 5. The minimum Gasteiger partial charge on any atom is -0.369 e. The van der Waals surface area contributed by atoms with E-state index in [2.05, 4.69) is 10.6 Å². The van der Waals surface area contributed by atoms with Crippen molar-refractivity contribution in [3.63, 3.8) is 0 Å². The number of benzene rings is 2. The van der Waals surface area contributed by atoms with Crippen molar-refractivity contribution in [1.82, 2.24) is 5.32 Å². The molecule has 2 aromatic carbocycles. The minimum atomic E-state index is -4.52. The molecular formula is C26H27Cl2F3N4O3. The van der Waals surface area contributed by atoms with Gasteiger partial charge in [0.1, 0.15) is 6.04 Å². The summed E-state index contributed by atoms with van der Waals surface area (Å²) < 4.78 is 39.3. The summed E-state index contributed by atoms with van der Waals surface area (Å²) in [7, 11) is 0. The van der Waals surface area contributed by atoms with Crippen LogP contribution < -0.4 is 21.3 Å². The number of para-hydroxylation sites is 1. The second-order valence-corrected chi connectivity index (χ2v) is 10.6. The maximum absolute atomic E-state index is 13.4. The average Bonchev–Trinajstić information content (AvgIpc) is 3.67. The molecular weight excluding hydrogens is 544 g/mol. The molecule has 3 amide bonds. The summed E-state index contributed by atoms with van der Waals surface area (Å²) in [5.74, 6) is -4.51. The lowest BCUT2D eigenvalue weighted by Crippen LogP contribution is -2.52. The molecule has 4 N–H and O–H groups in total. The van der Waals surface area contributed by atoms with Gasteiger partial charge in [-0.25, -0.2) is 0 Å². The van der Waals surface area contributed by atoms with Crippen LogP contribution in [0.2, 0.25) is 10.0 Å². The fraction of sp³-hybridized carbons (Fsp3) is 0.423. The normalized spacial score (nSPS) is 19.1. The van der Waals surface area contributed by atoms with Crippen LogP contribution in [0, 0.1) is 17.8 Å². The van der Waals surface area contributed by atoms with Gasteiger partial charge in [-0.05, 0) is 55.2 Å². The molecule has 12 heteroatoms. The number of fused-ring (bicyclic) bond motifs is 1. The quantitative estimate of drug-likeness (QED) is 0.374. The molecule has 1 aliphatic heterocycles. The maximum atomic E-state index is 13.4. The van der Waals surface area contributed by atoms with Gasteiger partial charge in [-0.15, -0.1) is 0 Å². The highest BCUT2D eigenvalue weighted by Crippen LogP contribution is 2.41. The second kappa shape index (κ2) is 11.4. The van der Waals surface area contributed by atoms with Gasteiger partial charge in [0, 0.05) is 29.0 Å². The first-order valence-corrected chi connectivity index (χ1v) is 13.0. The van der Waals surface area contributed by atoms with E-state index >= 15 is 0 Å². The number of hydrogen-bond acceptors (Lipinski definition) is 4. The summed E-state index contributed by atoms with van der Waals surface area (Å²) in [6.07, 6.45) is -4.50. The highest BCUT2D eigenvalue weighted by atomic mass is 35.5. The van der Waals surface area contributed by atoms with E-state index in [1.807, 2.05) is 0 Å². The van der Waals surface area contributed by atoms with Gasteiger partial charge in [0.05, 0.1) is 22.9 Å². The molecule has 38 heavy (non-hydrogen) atoms. The number of primary amides is 1. The van der Waals surface area contributed by atoms with Gasteiger partial charge < -0.3 is 21.3 Å². The number of hydrogen-bond donors (Lipinski definition) is 3. The van der Waals surface area contributed by atoms with Crippen LogP contribution in [-0.4, -0.2) is 36.5 Å². The number of rotatable bonds is 9. The molecule has 0 spiro atoms. The molecule has 0 aromatic heterocycles. The number of nitrogens with one attached hydrogen (secondary N) is 2. The molecule has 7 nitrogen and oxygen atoms in total. The Labute approximate surface area is 227 Å². The summed E-state index contributed by atoms with van der Waals surface area (Å²) >= 11 is 12.4. The molecule has 1 aliphatic carbocycles. The molecule has 0 unspecified atom stereocenters. The fourth-order valence-electron chi connectivity index (χ4n) is 4.72. The van der Waals surface area contributed by atoms with Crippen LogP contribution in [0.5, 0.6) is 0 Å². The van der Waals surface area contributed by atoms with Crippen LogP contribution in [0.25, 0.3) is 0 Å². The topological polar surface area (TPSA) is 105 Å². The zero-order valence-corrected chi connectivity index (χ0v) is 21.7. The monoisotopic (exact) mass is 570 g/mol. The first-order valence-electron chi connectivity index (χ1n) is 12.2. The SMILES string of the molecule is NC(=O)[C@@H](CC1CC1)[C@@H](CCC(F)(F)F)C(=O)N[C@H]1CN(c2ccc(Cl)cc2)c2cccc(Cl)c2NC1=O. The largest absolute Gasteiger partial charge is 0.389 e. The first kappa shape index (κ1) is 28.0. The van der Waals surface area contributed by atoms with Crippen molar-refractivity contribution >= 4 is 58.0 Å². The van der Waals surface area contributed by atoms with Crippen molar-refractivity contribution in [3.8, 4) is 0 Å². The molecule has 204 valence electrons. The van der Waals surface area contributed by atoms with Crippen LogP contribution in [0.15, 0.2) is 42.5 Å². The third-order valence-corrected chi connectivity index (χ3v) is 7.44. The predicted molar refractivity (Wildman–Crippen MR) is 139 cm³/mol. The van der Waals surface area contributed by atoms with Gasteiger partial charge in [0.25, 0.3) is 0 Å². The van der Waals surface area contributed by atoms with Gasteiger partial charge >= 0.3 is 6.18 Å². The Morgan fingerprint density at radius 2 is 1.79 bits per heavy atom. The molecule has 1 heterocycles. The Balaban J connectivity index is 1.63. The summed E-state index contributed by atoms with van der Waals surface area (Å²) in [6, 6.07) is 10.7. The molecule has 1 saturated carbocycles. The van der Waals surface area contributed by atoms with Gasteiger partial charge in [0.15, 0.2) is 0 Å². The third-order valence-electron chi connectivity index (χ3n) is 6.88.